The Bertz CT molecular complexity index is 617. The smallest absolute Gasteiger partial charge is 0.214 e. The van der Waals surface area contributed by atoms with Gasteiger partial charge in [-0.15, -0.1) is 0 Å². The third kappa shape index (κ3) is 6.30. The summed E-state index contributed by atoms with van der Waals surface area (Å²) in [6.07, 6.45) is 0. The Morgan fingerprint density at radius 3 is 2.24 bits per heavy atom. The SMILES string of the molecule is CN(Cc1ccc(C#CCN)cc1)S(=O)(=O)CC(C)(C)C. The van der Waals surface area contributed by atoms with Crippen LogP contribution in [0, 0.1) is 17.3 Å². The van der Waals surface area contributed by atoms with Gasteiger partial charge < -0.3 is 5.73 Å². The van der Waals surface area contributed by atoms with Gasteiger partial charge in [0.15, 0.2) is 0 Å². The van der Waals surface area contributed by atoms with E-state index in [-0.39, 0.29) is 11.2 Å². The standard InChI is InChI=1S/C16H24N2O2S/c1-16(2,3)13-21(19,20)18(4)12-15-9-7-14(8-10-15)6-5-11-17/h7-10H,11-13,17H2,1-4H3. The average molecular weight is 308 g/mol. The summed E-state index contributed by atoms with van der Waals surface area (Å²) in [7, 11) is -1.64. The van der Waals surface area contributed by atoms with E-state index < -0.39 is 10.0 Å². The highest BCUT2D eigenvalue weighted by Crippen LogP contribution is 2.19. The van der Waals surface area contributed by atoms with Crippen molar-refractivity contribution >= 4 is 10.0 Å². The first-order chi connectivity index (χ1) is 9.64. The van der Waals surface area contributed by atoms with Gasteiger partial charge in [0, 0.05) is 19.2 Å². The molecule has 4 nitrogen and oxygen atoms in total. The van der Waals surface area contributed by atoms with E-state index in [1.807, 2.05) is 45.0 Å². The molecule has 5 heteroatoms. The van der Waals surface area contributed by atoms with Crippen LogP contribution in [0.4, 0.5) is 0 Å². The van der Waals surface area contributed by atoms with E-state index in [2.05, 4.69) is 11.8 Å². The first-order valence-electron chi connectivity index (χ1n) is 6.86. The van der Waals surface area contributed by atoms with E-state index >= 15 is 0 Å². The average Bonchev–Trinajstić information content (AvgIpc) is 2.35. The van der Waals surface area contributed by atoms with Crippen LogP contribution in [-0.4, -0.2) is 32.1 Å². The minimum atomic E-state index is -3.25. The molecule has 116 valence electrons. The van der Waals surface area contributed by atoms with E-state index in [1.54, 1.807) is 7.05 Å². The summed E-state index contributed by atoms with van der Waals surface area (Å²) in [5.41, 5.74) is 6.89. The zero-order valence-corrected chi connectivity index (χ0v) is 14.0. The second-order valence-electron chi connectivity index (χ2n) is 6.28. The Hall–Kier alpha value is -1.35. The molecular weight excluding hydrogens is 284 g/mol. The molecule has 2 N–H and O–H groups in total. The monoisotopic (exact) mass is 308 g/mol. The number of benzene rings is 1. The highest BCUT2D eigenvalue weighted by molar-refractivity contribution is 7.89. The molecule has 0 aliphatic rings. The zero-order valence-electron chi connectivity index (χ0n) is 13.2. The summed E-state index contributed by atoms with van der Waals surface area (Å²) in [5, 5.41) is 0. The van der Waals surface area contributed by atoms with Gasteiger partial charge in [-0.3, -0.25) is 0 Å². The predicted molar refractivity (Wildman–Crippen MR) is 87.1 cm³/mol. The van der Waals surface area contributed by atoms with Crippen molar-refractivity contribution in [3.05, 3.63) is 35.4 Å². The molecule has 0 aliphatic carbocycles. The van der Waals surface area contributed by atoms with Crippen molar-refractivity contribution in [2.75, 3.05) is 19.3 Å². The van der Waals surface area contributed by atoms with Gasteiger partial charge in [0.1, 0.15) is 0 Å². The fourth-order valence-electron chi connectivity index (χ4n) is 1.86. The number of hydrogen-bond donors (Lipinski definition) is 1. The Balaban J connectivity index is 2.77. The first kappa shape index (κ1) is 17.7. The lowest BCUT2D eigenvalue weighted by Gasteiger charge is -2.23. The van der Waals surface area contributed by atoms with Gasteiger partial charge in [-0.1, -0.05) is 44.7 Å². The van der Waals surface area contributed by atoms with Crippen LogP contribution in [0.15, 0.2) is 24.3 Å². The van der Waals surface area contributed by atoms with Crippen molar-refractivity contribution in [2.45, 2.75) is 27.3 Å². The molecule has 0 amide bonds. The van der Waals surface area contributed by atoms with Crippen LogP contribution in [0.3, 0.4) is 0 Å². The maximum absolute atomic E-state index is 12.2. The number of rotatable bonds is 4. The lowest BCUT2D eigenvalue weighted by Crippen LogP contribution is -2.33. The van der Waals surface area contributed by atoms with Crippen LogP contribution in [-0.2, 0) is 16.6 Å². The molecule has 0 saturated carbocycles. The topological polar surface area (TPSA) is 63.4 Å². The van der Waals surface area contributed by atoms with Crippen molar-refractivity contribution in [1.82, 2.24) is 4.31 Å². The molecule has 1 rings (SSSR count). The van der Waals surface area contributed by atoms with Crippen LogP contribution in [0.25, 0.3) is 0 Å². The third-order valence-corrected chi connectivity index (χ3v) is 5.09. The molecule has 21 heavy (non-hydrogen) atoms. The maximum Gasteiger partial charge on any atom is 0.214 e. The van der Waals surface area contributed by atoms with Crippen LogP contribution in [0.1, 0.15) is 31.9 Å². The lowest BCUT2D eigenvalue weighted by atomic mass is 10.0. The number of nitrogens with zero attached hydrogens (tertiary/aromatic N) is 1. The maximum atomic E-state index is 12.2. The second-order valence-corrected chi connectivity index (χ2v) is 8.35. The molecule has 0 fully saturated rings. The molecule has 0 heterocycles. The van der Waals surface area contributed by atoms with Gasteiger partial charge >= 0.3 is 0 Å². The van der Waals surface area contributed by atoms with Crippen LogP contribution >= 0.6 is 0 Å². The van der Waals surface area contributed by atoms with Crippen LogP contribution in [0.5, 0.6) is 0 Å². The first-order valence-corrected chi connectivity index (χ1v) is 8.47. The van der Waals surface area contributed by atoms with E-state index in [0.717, 1.165) is 11.1 Å². The molecule has 0 atom stereocenters. The number of sulfonamides is 1. The highest BCUT2D eigenvalue weighted by Gasteiger charge is 2.25. The molecule has 0 aliphatic heterocycles. The molecular formula is C16H24N2O2S. The van der Waals surface area contributed by atoms with E-state index in [1.165, 1.54) is 4.31 Å². The van der Waals surface area contributed by atoms with Crippen LogP contribution in [0.2, 0.25) is 0 Å². The second kappa shape index (κ2) is 7.08. The Morgan fingerprint density at radius 1 is 1.19 bits per heavy atom. The normalized spacial score (nSPS) is 12.1. The fraction of sp³-hybridized carbons (Fsp3) is 0.500. The summed E-state index contributed by atoms with van der Waals surface area (Å²) < 4.78 is 25.9. The molecule has 1 aromatic carbocycles. The summed E-state index contributed by atoms with van der Waals surface area (Å²) >= 11 is 0. The minimum Gasteiger partial charge on any atom is -0.320 e. The zero-order chi connectivity index (χ0) is 16.1. The van der Waals surface area contributed by atoms with Gasteiger partial charge in [0.2, 0.25) is 10.0 Å². The summed E-state index contributed by atoms with van der Waals surface area (Å²) in [5.74, 6) is 5.86. The predicted octanol–water partition coefficient (Wildman–Crippen LogP) is 1.80. The number of hydrogen-bond acceptors (Lipinski definition) is 3. The minimum absolute atomic E-state index is 0.135. The Kier molecular flexibility index (Phi) is 5.97. The van der Waals surface area contributed by atoms with E-state index in [4.69, 9.17) is 5.73 Å². The summed E-state index contributed by atoms with van der Waals surface area (Å²) in [6.45, 7) is 6.45. The molecule has 0 saturated heterocycles. The van der Waals surface area contributed by atoms with Crippen molar-refractivity contribution < 1.29 is 8.42 Å². The fourth-order valence-corrected chi connectivity index (χ4v) is 3.52. The van der Waals surface area contributed by atoms with Crippen molar-refractivity contribution in [3.63, 3.8) is 0 Å². The number of nitrogens with two attached hydrogens (primary N) is 1. The molecule has 0 unspecified atom stereocenters. The van der Waals surface area contributed by atoms with Crippen LogP contribution < -0.4 is 5.73 Å². The van der Waals surface area contributed by atoms with Gasteiger partial charge in [0.25, 0.3) is 0 Å². The van der Waals surface area contributed by atoms with E-state index in [0.29, 0.717) is 13.1 Å². The molecule has 0 aromatic heterocycles. The van der Waals surface area contributed by atoms with Gasteiger partial charge in [-0.25, -0.2) is 12.7 Å². The van der Waals surface area contributed by atoms with Gasteiger partial charge in [-0.2, -0.15) is 0 Å². The summed E-state index contributed by atoms with van der Waals surface area (Å²) in [6, 6.07) is 7.54. The highest BCUT2D eigenvalue weighted by atomic mass is 32.2. The van der Waals surface area contributed by atoms with Crippen molar-refractivity contribution in [2.24, 2.45) is 11.1 Å². The van der Waals surface area contributed by atoms with E-state index in [9.17, 15) is 8.42 Å². The van der Waals surface area contributed by atoms with Gasteiger partial charge in [-0.05, 0) is 23.1 Å². The molecule has 1 aromatic rings. The Morgan fingerprint density at radius 2 is 1.76 bits per heavy atom. The quantitative estimate of drug-likeness (QED) is 0.863. The Labute approximate surface area is 128 Å². The summed E-state index contributed by atoms with van der Waals surface area (Å²) in [4.78, 5) is 0. The van der Waals surface area contributed by atoms with Gasteiger partial charge in [0.05, 0.1) is 12.3 Å². The molecule has 0 radical (unpaired) electrons. The molecule has 0 bridgehead atoms. The van der Waals surface area contributed by atoms with Crippen molar-refractivity contribution in [1.29, 1.82) is 0 Å². The third-order valence-electron chi connectivity index (χ3n) is 2.78. The lowest BCUT2D eigenvalue weighted by molar-refractivity contribution is 0.420. The molecule has 0 spiro atoms. The van der Waals surface area contributed by atoms with Crippen molar-refractivity contribution in [3.8, 4) is 11.8 Å². The largest absolute Gasteiger partial charge is 0.320 e.